The van der Waals surface area contributed by atoms with E-state index in [9.17, 15) is 0 Å². The van der Waals surface area contributed by atoms with Gasteiger partial charge in [-0.3, -0.25) is 5.84 Å². The Labute approximate surface area is 114 Å². The summed E-state index contributed by atoms with van der Waals surface area (Å²) >= 11 is 0. The van der Waals surface area contributed by atoms with Crippen molar-refractivity contribution >= 4 is 0 Å². The number of hydrogen-bond acceptors (Lipinski definition) is 4. The van der Waals surface area contributed by atoms with Crippen LogP contribution in [0.4, 0.5) is 0 Å². The minimum absolute atomic E-state index is 0.0610. The molecule has 1 atom stereocenters. The number of hydrogen-bond donors (Lipinski definition) is 2. The predicted molar refractivity (Wildman–Crippen MR) is 76.6 cm³/mol. The van der Waals surface area contributed by atoms with Gasteiger partial charge in [0, 0.05) is 0 Å². The fourth-order valence-electron chi connectivity index (χ4n) is 2.30. The summed E-state index contributed by atoms with van der Waals surface area (Å²) in [6, 6.07) is 8.24. The Hall–Kier alpha value is -1.78. The number of rotatable bonds is 3. The van der Waals surface area contributed by atoms with Crippen molar-refractivity contribution in [3.05, 3.63) is 57.9 Å². The largest absolute Gasteiger partial charge is 0.271 e. The molecule has 100 valence electrons. The lowest BCUT2D eigenvalue weighted by molar-refractivity contribution is 0.622. The van der Waals surface area contributed by atoms with Crippen LogP contribution in [0.15, 0.2) is 24.3 Å². The van der Waals surface area contributed by atoms with Crippen LogP contribution >= 0.6 is 0 Å². The van der Waals surface area contributed by atoms with Crippen LogP contribution < -0.4 is 11.3 Å². The molecular weight excluding hydrogens is 236 g/mol. The quantitative estimate of drug-likeness (QED) is 0.653. The number of aryl methyl sites for hydroxylation is 3. The average molecular weight is 256 g/mol. The highest BCUT2D eigenvalue weighted by Crippen LogP contribution is 2.27. The smallest absolute Gasteiger partial charge is 0.0731 e. The van der Waals surface area contributed by atoms with Crippen LogP contribution in [0.2, 0.25) is 0 Å². The van der Waals surface area contributed by atoms with Gasteiger partial charge in [-0.15, -0.1) is 0 Å². The fraction of sp³-hybridized carbons (Fsp3) is 0.333. The zero-order chi connectivity index (χ0) is 14.0. The molecule has 2 rings (SSSR count). The van der Waals surface area contributed by atoms with E-state index < -0.39 is 0 Å². The summed E-state index contributed by atoms with van der Waals surface area (Å²) in [4.78, 5) is 0. The Kier molecular flexibility index (Phi) is 3.93. The summed E-state index contributed by atoms with van der Waals surface area (Å²) in [5, 5.41) is 8.25. The third-order valence-corrected chi connectivity index (χ3v) is 3.58. The van der Waals surface area contributed by atoms with Crippen LogP contribution in [-0.2, 0) is 0 Å². The molecule has 1 aromatic carbocycles. The second-order valence-electron chi connectivity index (χ2n) is 4.92. The van der Waals surface area contributed by atoms with Gasteiger partial charge in [0.25, 0.3) is 0 Å². The number of nitrogens with two attached hydrogens (primary N) is 1. The van der Waals surface area contributed by atoms with Crippen molar-refractivity contribution in [3.63, 3.8) is 0 Å². The van der Waals surface area contributed by atoms with Gasteiger partial charge >= 0.3 is 0 Å². The van der Waals surface area contributed by atoms with Gasteiger partial charge < -0.3 is 0 Å². The lowest BCUT2D eigenvalue weighted by Gasteiger charge is -2.21. The molecule has 1 heterocycles. The number of aromatic nitrogens is 2. The van der Waals surface area contributed by atoms with Crippen LogP contribution in [0.5, 0.6) is 0 Å². The highest BCUT2D eigenvalue weighted by molar-refractivity contribution is 5.41. The summed E-state index contributed by atoms with van der Waals surface area (Å²) in [6.45, 7) is 8.12. The second kappa shape index (κ2) is 5.47. The van der Waals surface area contributed by atoms with Gasteiger partial charge in [-0.2, -0.15) is 10.2 Å². The predicted octanol–water partition coefficient (Wildman–Crippen LogP) is 2.26. The average Bonchev–Trinajstić information content (AvgIpc) is 2.39. The molecule has 4 nitrogen and oxygen atoms in total. The maximum absolute atomic E-state index is 5.78. The minimum atomic E-state index is -0.0610. The highest BCUT2D eigenvalue weighted by Gasteiger charge is 2.18. The summed E-state index contributed by atoms with van der Waals surface area (Å²) in [6.07, 6.45) is 0. The molecule has 4 heteroatoms. The van der Waals surface area contributed by atoms with Crippen molar-refractivity contribution < 1.29 is 0 Å². The van der Waals surface area contributed by atoms with Gasteiger partial charge in [-0.1, -0.05) is 18.2 Å². The van der Waals surface area contributed by atoms with Gasteiger partial charge in [-0.05, 0) is 56.0 Å². The third-order valence-electron chi connectivity index (χ3n) is 3.58. The fourth-order valence-corrected chi connectivity index (χ4v) is 2.30. The molecule has 0 saturated heterocycles. The molecule has 0 aliphatic rings. The lowest BCUT2D eigenvalue weighted by atomic mass is 9.92. The first-order valence-electron chi connectivity index (χ1n) is 6.37. The van der Waals surface area contributed by atoms with E-state index in [1.54, 1.807) is 0 Å². The lowest BCUT2D eigenvalue weighted by Crippen LogP contribution is -2.30. The van der Waals surface area contributed by atoms with Crippen LogP contribution in [0.1, 0.15) is 39.7 Å². The molecule has 0 amide bonds. The van der Waals surface area contributed by atoms with Gasteiger partial charge in [-0.25, -0.2) is 5.43 Å². The Morgan fingerprint density at radius 3 is 2.47 bits per heavy atom. The van der Waals surface area contributed by atoms with E-state index in [1.807, 2.05) is 19.9 Å². The summed E-state index contributed by atoms with van der Waals surface area (Å²) in [7, 11) is 0. The van der Waals surface area contributed by atoms with Crippen LogP contribution in [0.25, 0.3) is 0 Å². The molecule has 0 aliphatic carbocycles. The second-order valence-corrected chi connectivity index (χ2v) is 4.92. The van der Waals surface area contributed by atoms with Crippen LogP contribution in [0.3, 0.4) is 0 Å². The third kappa shape index (κ3) is 2.64. The first kappa shape index (κ1) is 13.6. The van der Waals surface area contributed by atoms with E-state index >= 15 is 0 Å². The van der Waals surface area contributed by atoms with Gasteiger partial charge in [0.1, 0.15) is 0 Å². The highest BCUT2D eigenvalue weighted by atomic mass is 15.2. The summed E-state index contributed by atoms with van der Waals surface area (Å²) in [5.41, 5.74) is 9.45. The molecule has 1 unspecified atom stereocenters. The van der Waals surface area contributed by atoms with Gasteiger partial charge in [0.2, 0.25) is 0 Å². The molecule has 3 N–H and O–H groups in total. The monoisotopic (exact) mass is 256 g/mol. The first-order chi connectivity index (χ1) is 9.04. The van der Waals surface area contributed by atoms with Crippen molar-refractivity contribution in [3.8, 4) is 0 Å². The number of benzene rings is 1. The number of nitrogens with zero attached hydrogens (tertiary/aromatic N) is 2. The van der Waals surface area contributed by atoms with E-state index in [-0.39, 0.29) is 6.04 Å². The van der Waals surface area contributed by atoms with E-state index in [2.05, 4.69) is 47.7 Å². The Bertz CT molecular complexity index is 591. The Balaban J connectivity index is 2.56. The maximum atomic E-state index is 5.78. The first-order valence-corrected chi connectivity index (χ1v) is 6.37. The SMILES string of the molecule is Cc1cc(C(NN)c2cccc(C)c2C)c(C)nn1. The van der Waals surface area contributed by atoms with Gasteiger partial charge in [0.15, 0.2) is 0 Å². The zero-order valence-electron chi connectivity index (χ0n) is 11.9. The van der Waals surface area contributed by atoms with E-state index in [1.165, 1.54) is 16.7 Å². The molecule has 0 fully saturated rings. The topological polar surface area (TPSA) is 63.8 Å². The molecular formula is C15H20N4. The Morgan fingerprint density at radius 2 is 1.79 bits per heavy atom. The van der Waals surface area contributed by atoms with Crippen molar-refractivity contribution in [2.45, 2.75) is 33.7 Å². The maximum Gasteiger partial charge on any atom is 0.0731 e. The standard InChI is InChI=1S/C15H20N4/c1-9-6-5-7-13(11(9)3)15(17-16)14-8-10(2)18-19-12(14)4/h5-8,15,17H,16H2,1-4H3. The Morgan fingerprint density at radius 1 is 1.05 bits per heavy atom. The molecule has 1 aromatic heterocycles. The molecule has 0 spiro atoms. The van der Waals surface area contributed by atoms with Crippen molar-refractivity contribution in [2.75, 3.05) is 0 Å². The summed E-state index contributed by atoms with van der Waals surface area (Å²) < 4.78 is 0. The van der Waals surface area contributed by atoms with Crippen LogP contribution in [0, 0.1) is 27.7 Å². The molecule has 2 aromatic rings. The van der Waals surface area contributed by atoms with E-state index in [0.717, 1.165) is 17.0 Å². The number of nitrogens with one attached hydrogen (secondary N) is 1. The normalized spacial score (nSPS) is 12.5. The summed E-state index contributed by atoms with van der Waals surface area (Å²) in [5.74, 6) is 5.78. The van der Waals surface area contributed by atoms with E-state index in [4.69, 9.17) is 5.84 Å². The zero-order valence-corrected chi connectivity index (χ0v) is 11.9. The van der Waals surface area contributed by atoms with Crippen LogP contribution in [-0.4, -0.2) is 10.2 Å². The number of hydrazine groups is 1. The van der Waals surface area contributed by atoms with Gasteiger partial charge in [0.05, 0.1) is 17.4 Å². The molecule has 0 aliphatic heterocycles. The van der Waals surface area contributed by atoms with Crippen molar-refractivity contribution in [2.24, 2.45) is 5.84 Å². The molecule has 0 saturated carbocycles. The van der Waals surface area contributed by atoms with Crippen molar-refractivity contribution in [1.29, 1.82) is 0 Å². The molecule has 0 bridgehead atoms. The van der Waals surface area contributed by atoms with Crippen molar-refractivity contribution in [1.82, 2.24) is 15.6 Å². The molecule has 0 radical (unpaired) electrons. The van der Waals surface area contributed by atoms with E-state index in [0.29, 0.717) is 0 Å². The minimum Gasteiger partial charge on any atom is -0.271 e. The molecule has 19 heavy (non-hydrogen) atoms.